The minimum Gasteiger partial charge on any atom is -0.478 e. The number of nitrogens with one attached hydrogen (secondary N) is 1. The van der Waals surface area contributed by atoms with E-state index in [2.05, 4.69) is 10.3 Å². The van der Waals surface area contributed by atoms with E-state index in [0.717, 1.165) is 17.3 Å². The van der Waals surface area contributed by atoms with E-state index >= 15 is 0 Å². The van der Waals surface area contributed by atoms with Gasteiger partial charge in [0.1, 0.15) is 22.6 Å². The van der Waals surface area contributed by atoms with Crippen molar-refractivity contribution in [2.45, 2.75) is 18.1 Å². The summed E-state index contributed by atoms with van der Waals surface area (Å²) in [6.45, 7) is 0.222. The molecule has 4 rings (SSSR count). The molecule has 7 nitrogen and oxygen atoms in total. The Bertz CT molecular complexity index is 1310. The molecule has 2 amide bonds. The maximum Gasteiger partial charge on any atom is 0.335 e. The van der Waals surface area contributed by atoms with E-state index in [1.54, 1.807) is 18.2 Å². The van der Waals surface area contributed by atoms with Crippen LogP contribution in [0.2, 0.25) is 0 Å². The van der Waals surface area contributed by atoms with Crippen molar-refractivity contribution in [3.8, 4) is 0 Å². The molecule has 184 valence electrons. The zero-order chi connectivity index (χ0) is 25.7. The highest BCUT2D eigenvalue weighted by Crippen LogP contribution is 2.32. The van der Waals surface area contributed by atoms with E-state index in [1.807, 2.05) is 0 Å². The van der Waals surface area contributed by atoms with Crippen LogP contribution < -0.4 is 5.32 Å². The Kier molecular flexibility index (Phi) is 7.74. The summed E-state index contributed by atoms with van der Waals surface area (Å²) in [5, 5.41) is 11.1. The third-order valence-electron chi connectivity index (χ3n) is 5.41. The number of amidine groups is 1. The maximum absolute atomic E-state index is 14.2. The number of halogens is 2. The first-order chi connectivity index (χ1) is 17.3. The van der Waals surface area contributed by atoms with Crippen LogP contribution in [0.4, 0.5) is 20.2 Å². The number of carboxylic acids is 1. The van der Waals surface area contributed by atoms with Crippen LogP contribution in [0.3, 0.4) is 0 Å². The van der Waals surface area contributed by atoms with Crippen LogP contribution in [0.5, 0.6) is 0 Å². The number of hydrogen-bond acceptors (Lipinski definition) is 5. The van der Waals surface area contributed by atoms with Crippen molar-refractivity contribution in [3.63, 3.8) is 0 Å². The van der Waals surface area contributed by atoms with Crippen LogP contribution >= 0.6 is 11.8 Å². The van der Waals surface area contributed by atoms with Crippen LogP contribution in [0.25, 0.3) is 0 Å². The lowest BCUT2D eigenvalue weighted by atomic mass is 10.1. The standard InChI is InChI=1S/C26H21F2N3O4S/c27-18-9-5-16(6-10-18)13-14-31-24(33)22(36-26(31)30-21-4-2-1-3-20(21)28)15-23(32)29-19-11-7-17(8-12-19)25(34)35/h1-12,22H,13-15H2,(H,29,32)(H,34,35). The van der Waals surface area contributed by atoms with Crippen molar-refractivity contribution < 1.29 is 28.3 Å². The summed E-state index contributed by atoms with van der Waals surface area (Å²) in [5.41, 5.74) is 1.36. The Balaban J connectivity index is 1.49. The van der Waals surface area contributed by atoms with Gasteiger partial charge in [0.2, 0.25) is 11.8 Å². The van der Waals surface area contributed by atoms with E-state index in [4.69, 9.17) is 5.11 Å². The summed E-state index contributed by atoms with van der Waals surface area (Å²) in [6.07, 6.45) is 0.255. The van der Waals surface area contributed by atoms with Gasteiger partial charge in [-0.15, -0.1) is 0 Å². The highest BCUT2D eigenvalue weighted by atomic mass is 32.2. The van der Waals surface area contributed by atoms with E-state index in [9.17, 15) is 23.2 Å². The van der Waals surface area contributed by atoms with Gasteiger partial charge < -0.3 is 10.4 Å². The van der Waals surface area contributed by atoms with Crippen molar-refractivity contribution in [2.75, 3.05) is 11.9 Å². The van der Waals surface area contributed by atoms with Gasteiger partial charge in [-0.1, -0.05) is 36.0 Å². The molecule has 0 saturated carbocycles. The van der Waals surface area contributed by atoms with E-state index < -0.39 is 22.9 Å². The second-order valence-corrected chi connectivity index (χ2v) is 9.12. The van der Waals surface area contributed by atoms with Gasteiger partial charge in [0.05, 0.1) is 5.56 Å². The first-order valence-corrected chi connectivity index (χ1v) is 11.9. The Hall–Kier alpha value is -4.05. The highest BCUT2D eigenvalue weighted by molar-refractivity contribution is 8.15. The number of nitrogens with zero attached hydrogens (tertiary/aromatic N) is 2. The molecule has 36 heavy (non-hydrogen) atoms. The molecule has 1 aliphatic heterocycles. The summed E-state index contributed by atoms with van der Waals surface area (Å²) in [4.78, 5) is 42.6. The van der Waals surface area contributed by atoms with Crippen LogP contribution in [-0.4, -0.2) is 44.8 Å². The van der Waals surface area contributed by atoms with Crippen molar-refractivity contribution >= 4 is 46.1 Å². The SMILES string of the molecule is O=C(CC1SC(=Nc2ccccc2F)N(CCc2ccc(F)cc2)C1=O)Nc1ccc(C(=O)O)cc1. The Morgan fingerprint density at radius 1 is 1.00 bits per heavy atom. The molecule has 2 N–H and O–H groups in total. The Morgan fingerprint density at radius 2 is 1.69 bits per heavy atom. The molecule has 0 aromatic heterocycles. The normalized spacial score (nSPS) is 16.4. The molecule has 1 unspecified atom stereocenters. The average molecular weight is 510 g/mol. The number of thioether (sulfide) groups is 1. The smallest absolute Gasteiger partial charge is 0.335 e. The minimum absolute atomic E-state index is 0.0724. The topological polar surface area (TPSA) is 99.1 Å². The molecule has 0 bridgehead atoms. The minimum atomic E-state index is -1.08. The molecule has 1 atom stereocenters. The monoisotopic (exact) mass is 509 g/mol. The molecule has 0 spiro atoms. The third kappa shape index (κ3) is 6.14. The van der Waals surface area contributed by atoms with Gasteiger partial charge >= 0.3 is 5.97 Å². The predicted molar refractivity (Wildman–Crippen MR) is 133 cm³/mol. The second kappa shape index (κ2) is 11.1. The number of aliphatic imine (C=N–C) groups is 1. The van der Waals surface area contributed by atoms with Gasteiger partial charge in [0.15, 0.2) is 5.17 Å². The van der Waals surface area contributed by atoms with Gasteiger partial charge in [-0.05, 0) is 60.5 Å². The van der Waals surface area contributed by atoms with Crippen LogP contribution in [0, 0.1) is 11.6 Å². The molecule has 10 heteroatoms. The number of amides is 2. The summed E-state index contributed by atoms with van der Waals surface area (Å²) in [5.74, 6) is -2.76. The number of hydrogen-bond donors (Lipinski definition) is 2. The number of carbonyl (C=O) groups excluding carboxylic acids is 2. The quantitative estimate of drug-likeness (QED) is 0.452. The van der Waals surface area contributed by atoms with Gasteiger partial charge in [-0.25, -0.2) is 18.6 Å². The van der Waals surface area contributed by atoms with Crippen molar-refractivity contribution in [1.29, 1.82) is 0 Å². The van der Waals surface area contributed by atoms with Crippen molar-refractivity contribution in [3.05, 3.63) is 95.6 Å². The Morgan fingerprint density at radius 3 is 2.36 bits per heavy atom. The van der Waals surface area contributed by atoms with Crippen LogP contribution in [0.15, 0.2) is 77.8 Å². The second-order valence-electron chi connectivity index (χ2n) is 7.95. The van der Waals surface area contributed by atoms with Crippen molar-refractivity contribution in [2.24, 2.45) is 4.99 Å². The first-order valence-electron chi connectivity index (χ1n) is 11.0. The number of carboxylic acid groups (broad SMARTS) is 1. The number of anilines is 1. The molecule has 0 aliphatic carbocycles. The average Bonchev–Trinajstić information content (AvgIpc) is 3.14. The lowest BCUT2D eigenvalue weighted by molar-refractivity contribution is -0.128. The number of para-hydroxylation sites is 1. The molecule has 0 radical (unpaired) electrons. The lowest BCUT2D eigenvalue weighted by Gasteiger charge is -2.16. The predicted octanol–water partition coefficient (Wildman–Crippen LogP) is 4.87. The van der Waals surface area contributed by atoms with Gasteiger partial charge in [0.25, 0.3) is 0 Å². The number of rotatable bonds is 8. The van der Waals surface area contributed by atoms with Gasteiger partial charge in [-0.3, -0.25) is 14.5 Å². The molecule has 3 aromatic rings. The molecular formula is C26H21F2N3O4S. The highest BCUT2D eigenvalue weighted by Gasteiger charge is 2.39. The van der Waals surface area contributed by atoms with Gasteiger partial charge in [-0.2, -0.15) is 0 Å². The maximum atomic E-state index is 14.2. The largest absolute Gasteiger partial charge is 0.478 e. The molecule has 1 aliphatic rings. The fraction of sp³-hybridized carbons (Fsp3) is 0.154. The van der Waals surface area contributed by atoms with E-state index in [0.29, 0.717) is 12.1 Å². The van der Waals surface area contributed by atoms with Gasteiger partial charge in [0, 0.05) is 18.7 Å². The van der Waals surface area contributed by atoms with E-state index in [-0.39, 0.29) is 41.1 Å². The number of aromatic carboxylic acids is 1. The third-order valence-corrected chi connectivity index (χ3v) is 6.59. The molecule has 1 fully saturated rings. The zero-order valence-corrected chi connectivity index (χ0v) is 19.7. The van der Waals surface area contributed by atoms with Crippen LogP contribution in [-0.2, 0) is 16.0 Å². The fourth-order valence-corrected chi connectivity index (χ4v) is 4.72. The Labute approximate surface area is 209 Å². The molecule has 1 heterocycles. The number of carbonyl (C=O) groups is 3. The summed E-state index contributed by atoms with van der Waals surface area (Å²) < 4.78 is 27.5. The van der Waals surface area contributed by atoms with Crippen LogP contribution in [0.1, 0.15) is 22.3 Å². The molecular weight excluding hydrogens is 488 g/mol. The lowest BCUT2D eigenvalue weighted by Crippen LogP contribution is -2.35. The zero-order valence-electron chi connectivity index (χ0n) is 18.9. The fourth-order valence-electron chi connectivity index (χ4n) is 3.54. The summed E-state index contributed by atoms with van der Waals surface area (Å²) in [7, 11) is 0. The summed E-state index contributed by atoms with van der Waals surface area (Å²) >= 11 is 1.07. The molecule has 1 saturated heterocycles. The van der Waals surface area contributed by atoms with E-state index in [1.165, 1.54) is 59.5 Å². The summed E-state index contributed by atoms with van der Waals surface area (Å²) in [6, 6.07) is 17.5. The number of benzene rings is 3. The van der Waals surface area contributed by atoms with Crippen molar-refractivity contribution in [1.82, 2.24) is 4.90 Å². The first kappa shape index (κ1) is 25.1. The molecule has 3 aromatic carbocycles.